The van der Waals surface area contributed by atoms with Crippen molar-refractivity contribution in [3.05, 3.63) is 45.7 Å². The topological polar surface area (TPSA) is 64.1 Å². The molecule has 1 aliphatic rings. The fourth-order valence-electron chi connectivity index (χ4n) is 2.93. The Balaban J connectivity index is 2.19. The lowest BCUT2D eigenvalue weighted by atomic mass is 9.92. The predicted octanol–water partition coefficient (Wildman–Crippen LogP) is 2.43. The van der Waals surface area contributed by atoms with Crippen molar-refractivity contribution in [2.24, 2.45) is 0 Å². The molecule has 0 fully saturated rings. The van der Waals surface area contributed by atoms with Gasteiger partial charge < -0.3 is 10.8 Å². The van der Waals surface area contributed by atoms with E-state index in [1.165, 1.54) is 0 Å². The molecule has 1 unspecified atom stereocenters. The van der Waals surface area contributed by atoms with E-state index in [1.807, 2.05) is 29.8 Å². The molecule has 0 bridgehead atoms. The highest BCUT2D eigenvalue weighted by atomic mass is 79.9. The van der Waals surface area contributed by atoms with E-state index in [0.717, 1.165) is 39.9 Å². The van der Waals surface area contributed by atoms with Gasteiger partial charge >= 0.3 is 0 Å². The van der Waals surface area contributed by atoms with Gasteiger partial charge in [0.1, 0.15) is 5.60 Å². The van der Waals surface area contributed by atoms with E-state index in [1.54, 1.807) is 6.20 Å². The van der Waals surface area contributed by atoms with Crippen LogP contribution in [-0.4, -0.2) is 14.9 Å². The zero-order valence-corrected chi connectivity index (χ0v) is 12.3. The Morgan fingerprint density at radius 2 is 2.32 bits per heavy atom. The van der Waals surface area contributed by atoms with E-state index in [-0.39, 0.29) is 0 Å². The van der Waals surface area contributed by atoms with E-state index in [0.29, 0.717) is 6.42 Å². The maximum Gasteiger partial charge on any atom is 0.133 e. The van der Waals surface area contributed by atoms with Crippen LogP contribution in [0.25, 0.3) is 0 Å². The summed E-state index contributed by atoms with van der Waals surface area (Å²) in [7, 11) is 0. The molecule has 19 heavy (non-hydrogen) atoms. The van der Waals surface area contributed by atoms with E-state index in [4.69, 9.17) is 5.73 Å². The Labute approximate surface area is 120 Å². The van der Waals surface area contributed by atoms with Gasteiger partial charge in [-0.15, -0.1) is 0 Å². The van der Waals surface area contributed by atoms with Gasteiger partial charge in [-0.2, -0.15) is 5.10 Å². The molecule has 100 valence electrons. The number of fused-ring (bicyclic) bond motifs is 1. The van der Waals surface area contributed by atoms with E-state index >= 15 is 0 Å². The van der Waals surface area contributed by atoms with Crippen LogP contribution in [0.3, 0.4) is 0 Å². The molecule has 3 rings (SSSR count). The van der Waals surface area contributed by atoms with Crippen LogP contribution >= 0.6 is 15.9 Å². The molecule has 0 radical (unpaired) electrons. The van der Waals surface area contributed by atoms with Crippen molar-refractivity contribution >= 4 is 21.6 Å². The Kier molecular flexibility index (Phi) is 2.91. The van der Waals surface area contributed by atoms with Gasteiger partial charge in [0.2, 0.25) is 0 Å². The Hall–Kier alpha value is -1.33. The molecule has 0 amide bonds. The van der Waals surface area contributed by atoms with Crippen molar-refractivity contribution < 1.29 is 5.11 Å². The summed E-state index contributed by atoms with van der Waals surface area (Å²) in [4.78, 5) is 0. The molecule has 1 aromatic heterocycles. The van der Waals surface area contributed by atoms with E-state index in [9.17, 15) is 5.11 Å². The molecule has 0 aliphatic heterocycles. The van der Waals surface area contributed by atoms with Crippen LogP contribution in [0.2, 0.25) is 0 Å². The van der Waals surface area contributed by atoms with Crippen LogP contribution in [0.1, 0.15) is 30.2 Å². The lowest BCUT2D eigenvalue weighted by Gasteiger charge is -2.25. The number of hydrogen-bond donors (Lipinski definition) is 2. The average molecular weight is 322 g/mol. The third-order valence-corrected chi connectivity index (χ3v) is 4.40. The first-order valence-corrected chi connectivity index (χ1v) is 7.18. The maximum atomic E-state index is 11.2. The van der Waals surface area contributed by atoms with Gasteiger partial charge in [-0.1, -0.05) is 6.07 Å². The summed E-state index contributed by atoms with van der Waals surface area (Å²) in [6.45, 7) is 2.75. The summed E-state index contributed by atoms with van der Waals surface area (Å²) in [6, 6.07) is 5.72. The van der Waals surface area contributed by atoms with E-state index < -0.39 is 5.60 Å². The Morgan fingerprint density at radius 3 is 3.05 bits per heavy atom. The molecule has 4 nitrogen and oxygen atoms in total. The Bertz CT molecular complexity index is 638. The summed E-state index contributed by atoms with van der Waals surface area (Å²) in [5, 5.41) is 15.5. The van der Waals surface area contributed by atoms with Crippen LogP contribution in [0.5, 0.6) is 0 Å². The second-order valence-electron chi connectivity index (χ2n) is 4.93. The number of nitrogens with zero attached hydrogens (tertiary/aromatic N) is 2. The van der Waals surface area contributed by atoms with Crippen molar-refractivity contribution in [1.82, 2.24) is 9.78 Å². The second-order valence-corrected chi connectivity index (χ2v) is 5.79. The maximum absolute atomic E-state index is 11.2. The fourth-order valence-corrected chi connectivity index (χ4v) is 3.56. The van der Waals surface area contributed by atoms with Gasteiger partial charge in [-0.05, 0) is 59.0 Å². The lowest BCUT2D eigenvalue weighted by Crippen LogP contribution is -2.28. The number of aromatic nitrogens is 2. The molecular formula is C14H16BrN3O. The first-order valence-electron chi connectivity index (χ1n) is 6.39. The molecule has 0 saturated heterocycles. The van der Waals surface area contributed by atoms with E-state index in [2.05, 4.69) is 21.0 Å². The lowest BCUT2D eigenvalue weighted by molar-refractivity contribution is 0.0722. The molecule has 0 spiro atoms. The largest absolute Gasteiger partial charge is 0.399 e. The minimum Gasteiger partial charge on any atom is -0.399 e. The molecular weight excluding hydrogens is 306 g/mol. The van der Waals surface area contributed by atoms with Crippen LogP contribution in [0.4, 0.5) is 5.69 Å². The minimum atomic E-state index is -0.978. The normalized spacial score (nSPS) is 21.6. The van der Waals surface area contributed by atoms with Gasteiger partial charge in [0.25, 0.3) is 0 Å². The SMILES string of the molecule is CCn1ncc(Br)c1C1(O)CCc2cc(N)ccc21. The number of hydrogen-bond acceptors (Lipinski definition) is 3. The first kappa shape index (κ1) is 12.7. The highest BCUT2D eigenvalue weighted by Crippen LogP contribution is 2.44. The monoisotopic (exact) mass is 321 g/mol. The predicted molar refractivity (Wildman–Crippen MR) is 77.8 cm³/mol. The number of halogens is 1. The van der Waals surface area contributed by atoms with Gasteiger partial charge in [-0.25, -0.2) is 0 Å². The molecule has 1 heterocycles. The molecule has 1 atom stereocenters. The summed E-state index contributed by atoms with van der Waals surface area (Å²) < 4.78 is 2.69. The number of anilines is 1. The zero-order chi connectivity index (χ0) is 13.6. The summed E-state index contributed by atoms with van der Waals surface area (Å²) in [6.07, 6.45) is 3.24. The number of nitrogen functional groups attached to an aromatic ring is 1. The van der Waals surface area contributed by atoms with Gasteiger partial charge in [0, 0.05) is 12.2 Å². The number of nitrogens with two attached hydrogens (primary N) is 1. The molecule has 5 heteroatoms. The quantitative estimate of drug-likeness (QED) is 0.835. The minimum absolute atomic E-state index is 0.663. The average Bonchev–Trinajstić information content (AvgIpc) is 2.91. The molecule has 3 N–H and O–H groups in total. The summed E-state index contributed by atoms with van der Waals surface area (Å²) in [5.74, 6) is 0. The van der Waals surface area contributed by atoms with Crippen LogP contribution < -0.4 is 5.73 Å². The molecule has 1 aromatic carbocycles. The number of rotatable bonds is 2. The number of aryl methyl sites for hydroxylation is 2. The highest BCUT2D eigenvalue weighted by Gasteiger charge is 2.42. The third kappa shape index (κ3) is 1.80. The summed E-state index contributed by atoms with van der Waals surface area (Å²) >= 11 is 3.50. The van der Waals surface area contributed by atoms with Crippen molar-refractivity contribution in [2.75, 3.05) is 5.73 Å². The van der Waals surface area contributed by atoms with Crippen molar-refractivity contribution in [3.63, 3.8) is 0 Å². The first-order chi connectivity index (χ1) is 9.06. The highest BCUT2D eigenvalue weighted by molar-refractivity contribution is 9.10. The van der Waals surface area contributed by atoms with Crippen molar-refractivity contribution in [3.8, 4) is 0 Å². The van der Waals surface area contributed by atoms with Gasteiger partial charge in [-0.3, -0.25) is 4.68 Å². The van der Waals surface area contributed by atoms with Crippen molar-refractivity contribution in [1.29, 1.82) is 0 Å². The number of benzene rings is 1. The third-order valence-electron chi connectivity index (χ3n) is 3.82. The molecule has 2 aromatic rings. The standard InChI is InChI=1S/C14H16BrN3O/c1-2-18-13(12(15)8-17-18)14(19)6-5-9-7-10(16)3-4-11(9)14/h3-4,7-8,19H,2,5-6,16H2,1H3. The Morgan fingerprint density at radius 1 is 1.53 bits per heavy atom. The fraction of sp³-hybridized carbons (Fsp3) is 0.357. The second kappa shape index (κ2) is 4.35. The van der Waals surface area contributed by atoms with Gasteiger partial charge in [0.05, 0.1) is 16.4 Å². The number of aliphatic hydroxyl groups is 1. The van der Waals surface area contributed by atoms with Crippen LogP contribution in [0.15, 0.2) is 28.9 Å². The smallest absolute Gasteiger partial charge is 0.133 e. The zero-order valence-electron chi connectivity index (χ0n) is 10.7. The van der Waals surface area contributed by atoms with Gasteiger partial charge in [0.15, 0.2) is 0 Å². The summed E-state index contributed by atoms with van der Waals surface area (Å²) in [5.41, 5.74) is 8.48. The van der Waals surface area contributed by atoms with Crippen LogP contribution in [0, 0.1) is 0 Å². The van der Waals surface area contributed by atoms with Crippen LogP contribution in [-0.2, 0) is 18.6 Å². The van der Waals surface area contributed by atoms with Crippen molar-refractivity contribution in [2.45, 2.75) is 31.9 Å². The molecule has 1 aliphatic carbocycles. The molecule has 0 saturated carbocycles.